The van der Waals surface area contributed by atoms with Gasteiger partial charge in [-0.2, -0.15) is 0 Å². The fraction of sp³-hybridized carbons (Fsp3) is 0.231. The molecular formula is C13H9BrN2O3S. The number of phenolic OH excluding ortho intramolecular Hbond substituents is 1. The minimum atomic E-state index is -0.0544. The molecule has 1 aromatic carbocycles. The second-order valence-corrected chi connectivity index (χ2v) is 6.45. The first-order chi connectivity index (χ1) is 9.66. The van der Waals surface area contributed by atoms with E-state index in [0.717, 1.165) is 5.39 Å². The first-order valence-corrected chi connectivity index (χ1v) is 7.69. The van der Waals surface area contributed by atoms with E-state index in [1.807, 2.05) is 6.07 Å². The highest BCUT2D eigenvalue weighted by Gasteiger charge is 2.20. The van der Waals surface area contributed by atoms with E-state index in [-0.39, 0.29) is 11.3 Å². The molecular weight excluding hydrogens is 344 g/mol. The number of fused-ring (bicyclic) bond motifs is 4. The number of aromatic hydroxyl groups is 1. The van der Waals surface area contributed by atoms with E-state index in [2.05, 4.69) is 20.9 Å². The van der Waals surface area contributed by atoms with Gasteiger partial charge in [-0.1, -0.05) is 6.07 Å². The zero-order valence-electron chi connectivity index (χ0n) is 10.2. The minimum absolute atomic E-state index is 0.0544. The second-order valence-electron chi connectivity index (χ2n) is 4.59. The van der Waals surface area contributed by atoms with Crippen LogP contribution in [0.2, 0.25) is 0 Å². The lowest BCUT2D eigenvalue weighted by Crippen LogP contribution is -2.30. The maximum Gasteiger partial charge on any atom is 0.263 e. The molecule has 0 amide bonds. The predicted molar refractivity (Wildman–Crippen MR) is 80.4 cm³/mol. The Kier molecular flexibility index (Phi) is 2.63. The van der Waals surface area contributed by atoms with Crippen molar-refractivity contribution in [2.24, 2.45) is 0 Å². The van der Waals surface area contributed by atoms with Gasteiger partial charge in [-0.25, -0.2) is 4.98 Å². The third-order valence-electron chi connectivity index (χ3n) is 3.46. The van der Waals surface area contributed by atoms with Crippen molar-refractivity contribution >= 4 is 47.6 Å². The molecule has 0 fully saturated rings. The van der Waals surface area contributed by atoms with Crippen LogP contribution in [0.3, 0.4) is 0 Å². The number of aromatic nitrogens is 2. The van der Waals surface area contributed by atoms with Crippen LogP contribution in [0.5, 0.6) is 5.75 Å². The fourth-order valence-corrected chi connectivity index (χ4v) is 4.08. The van der Waals surface area contributed by atoms with Gasteiger partial charge < -0.3 is 9.84 Å². The van der Waals surface area contributed by atoms with Crippen molar-refractivity contribution < 1.29 is 9.84 Å². The van der Waals surface area contributed by atoms with Crippen molar-refractivity contribution in [3.8, 4) is 5.75 Å². The molecule has 102 valence electrons. The van der Waals surface area contributed by atoms with Crippen molar-refractivity contribution in [3.05, 3.63) is 32.8 Å². The number of hydrogen-bond donors (Lipinski definition) is 1. The molecule has 5 nitrogen and oxygen atoms in total. The van der Waals surface area contributed by atoms with E-state index in [4.69, 9.17) is 4.74 Å². The summed E-state index contributed by atoms with van der Waals surface area (Å²) in [5.41, 5.74) is -0.0544. The van der Waals surface area contributed by atoms with Gasteiger partial charge in [0.15, 0.2) is 0 Å². The zero-order valence-corrected chi connectivity index (χ0v) is 12.6. The van der Waals surface area contributed by atoms with Gasteiger partial charge in [-0.05, 0) is 22.0 Å². The Bertz CT molecular complexity index is 915. The van der Waals surface area contributed by atoms with Crippen LogP contribution in [0.1, 0.15) is 5.82 Å². The number of thiophene rings is 1. The highest BCUT2D eigenvalue weighted by atomic mass is 79.9. The molecule has 1 aliphatic rings. The Labute approximate surface area is 125 Å². The van der Waals surface area contributed by atoms with Gasteiger partial charge >= 0.3 is 0 Å². The first kappa shape index (κ1) is 12.3. The molecule has 2 aromatic heterocycles. The summed E-state index contributed by atoms with van der Waals surface area (Å²) in [5, 5.41) is 11.5. The van der Waals surface area contributed by atoms with Gasteiger partial charge in [0.25, 0.3) is 5.56 Å². The Morgan fingerprint density at radius 3 is 3.15 bits per heavy atom. The van der Waals surface area contributed by atoms with Crippen molar-refractivity contribution in [2.75, 3.05) is 6.61 Å². The number of halogens is 1. The lowest BCUT2D eigenvalue weighted by Gasteiger charge is -2.17. The summed E-state index contributed by atoms with van der Waals surface area (Å²) in [7, 11) is 0. The summed E-state index contributed by atoms with van der Waals surface area (Å²) in [6.45, 7) is 1.41. The quantitative estimate of drug-likeness (QED) is 0.675. The van der Waals surface area contributed by atoms with Gasteiger partial charge in [-0.15, -0.1) is 11.3 Å². The third-order valence-corrected chi connectivity index (χ3v) is 5.20. The van der Waals surface area contributed by atoms with Crippen LogP contribution in [0.25, 0.3) is 20.3 Å². The molecule has 1 aliphatic heterocycles. The number of benzene rings is 1. The fourth-order valence-electron chi connectivity index (χ4n) is 2.49. The van der Waals surface area contributed by atoms with Gasteiger partial charge in [0.2, 0.25) is 0 Å². The molecule has 20 heavy (non-hydrogen) atoms. The lowest BCUT2D eigenvalue weighted by molar-refractivity contribution is 0.0788. The molecule has 0 saturated carbocycles. The highest BCUT2D eigenvalue weighted by Crippen LogP contribution is 2.40. The Morgan fingerprint density at radius 1 is 1.45 bits per heavy atom. The summed E-state index contributed by atoms with van der Waals surface area (Å²) in [6.07, 6.45) is 0. The monoisotopic (exact) mass is 352 g/mol. The summed E-state index contributed by atoms with van der Waals surface area (Å²) in [5.74, 6) is 0.808. The molecule has 7 heteroatoms. The van der Waals surface area contributed by atoms with E-state index >= 15 is 0 Å². The summed E-state index contributed by atoms with van der Waals surface area (Å²) in [6, 6.07) is 3.59. The predicted octanol–water partition coefficient (Wildman–Crippen LogP) is 2.61. The van der Waals surface area contributed by atoms with E-state index in [1.165, 1.54) is 11.3 Å². The number of hydrogen-bond acceptors (Lipinski definition) is 5. The van der Waals surface area contributed by atoms with Crippen LogP contribution >= 0.6 is 27.3 Å². The van der Waals surface area contributed by atoms with Crippen LogP contribution in [-0.2, 0) is 17.9 Å². The van der Waals surface area contributed by atoms with Gasteiger partial charge in [0.05, 0.1) is 27.7 Å². The summed E-state index contributed by atoms with van der Waals surface area (Å²) < 4.78 is 8.30. The highest BCUT2D eigenvalue weighted by molar-refractivity contribution is 9.10. The van der Waals surface area contributed by atoms with Crippen molar-refractivity contribution in [2.45, 2.75) is 13.2 Å². The summed E-state index contributed by atoms with van der Waals surface area (Å²) in [4.78, 5) is 17.8. The largest absolute Gasteiger partial charge is 0.505 e. The number of phenols is 1. The van der Waals surface area contributed by atoms with E-state index < -0.39 is 0 Å². The normalized spacial score (nSPS) is 14.8. The average molecular weight is 353 g/mol. The first-order valence-electron chi connectivity index (χ1n) is 6.08. The molecule has 4 rings (SSSR count). The standard InChI is InChI=1S/C13H9BrN2O3S/c14-7-2-1-6-9-12(20-11(6)10(7)17)15-8-5-19-4-3-16(8)13(9)18/h1-2,17H,3-5H2. The van der Waals surface area contributed by atoms with E-state index in [1.54, 1.807) is 10.6 Å². The Balaban J connectivity index is 2.21. The molecule has 0 saturated heterocycles. The lowest BCUT2D eigenvalue weighted by atomic mass is 10.2. The van der Waals surface area contributed by atoms with Gasteiger partial charge in [0, 0.05) is 5.39 Å². The van der Waals surface area contributed by atoms with Gasteiger partial charge in [-0.3, -0.25) is 9.36 Å². The van der Waals surface area contributed by atoms with E-state index in [0.29, 0.717) is 45.0 Å². The van der Waals surface area contributed by atoms with Crippen LogP contribution < -0.4 is 5.56 Å². The number of ether oxygens (including phenoxy) is 1. The third kappa shape index (κ3) is 1.57. The molecule has 0 atom stereocenters. The van der Waals surface area contributed by atoms with Crippen LogP contribution in [-0.4, -0.2) is 21.3 Å². The topological polar surface area (TPSA) is 64.4 Å². The van der Waals surface area contributed by atoms with Crippen molar-refractivity contribution in [1.82, 2.24) is 9.55 Å². The molecule has 0 radical (unpaired) electrons. The average Bonchev–Trinajstić information content (AvgIpc) is 2.83. The molecule has 0 unspecified atom stereocenters. The minimum Gasteiger partial charge on any atom is -0.505 e. The molecule has 3 heterocycles. The SMILES string of the molecule is O=c1c2c(nc3n1CCOC3)sc1c(O)c(Br)ccc12. The smallest absolute Gasteiger partial charge is 0.263 e. The van der Waals surface area contributed by atoms with Crippen molar-refractivity contribution in [1.29, 1.82) is 0 Å². The number of rotatable bonds is 0. The Morgan fingerprint density at radius 2 is 2.30 bits per heavy atom. The second kappa shape index (κ2) is 4.28. The van der Waals surface area contributed by atoms with E-state index in [9.17, 15) is 9.90 Å². The summed E-state index contributed by atoms with van der Waals surface area (Å²) >= 11 is 4.62. The van der Waals surface area contributed by atoms with Crippen LogP contribution in [0.15, 0.2) is 21.4 Å². The molecule has 0 bridgehead atoms. The number of nitrogens with zero attached hydrogens (tertiary/aromatic N) is 2. The molecule has 0 aliphatic carbocycles. The zero-order chi connectivity index (χ0) is 13.9. The van der Waals surface area contributed by atoms with Crippen LogP contribution in [0, 0.1) is 0 Å². The van der Waals surface area contributed by atoms with Gasteiger partial charge in [0.1, 0.15) is 23.0 Å². The molecule has 0 spiro atoms. The maximum absolute atomic E-state index is 12.6. The molecule has 3 aromatic rings. The van der Waals surface area contributed by atoms with Crippen molar-refractivity contribution in [3.63, 3.8) is 0 Å². The maximum atomic E-state index is 12.6. The molecule has 1 N–H and O–H groups in total. The van der Waals surface area contributed by atoms with Crippen LogP contribution in [0.4, 0.5) is 0 Å². The Hall–Kier alpha value is -1.44.